The molecule has 0 spiro atoms. The predicted octanol–water partition coefficient (Wildman–Crippen LogP) is 1.49. The second-order valence-electron chi connectivity index (χ2n) is 3.53. The molecule has 0 atom stereocenters. The summed E-state index contributed by atoms with van der Waals surface area (Å²) >= 11 is 0. The quantitative estimate of drug-likeness (QED) is 0.781. The number of hydrogen-bond donors (Lipinski definition) is 1. The number of benzene rings is 1. The Morgan fingerprint density at radius 1 is 1.50 bits per heavy atom. The monoisotopic (exact) mass is 218 g/mol. The number of nitrogens with one attached hydrogen (secondary N) is 1. The topological polar surface area (TPSA) is 41.6 Å². The molecule has 1 amide bonds. The molecular formula is C12H14N2O2. The number of ether oxygens (including phenoxy) is 1. The standard InChI is InChI=1S/C12H14N2O2/c1-3-16-11-7-5-4-6-10(11)14-8-9(2)12(15)13-14/h4-7H,2-3,8H2,1H3,(H,13,15). The van der Waals surface area contributed by atoms with E-state index in [0.717, 1.165) is 11.4 Å². The Morgan fingerprint density at radius 3 is 2.88 bits per heavy atom. The summed E-state index contributed by atoms with van der Waals surface area (Å²) in [7, 11) is 0. The second-order valence-corrected chi connectivity index (χ2v) is 3.53. The van der Waals surface area contributed by atoms with E-state index in [1.807, 2.05) is 31.2 Å². The van der Waals surface area contributed by atoms with Gasteiger partial charge in [-0.15, -0.1) is 0 Å². The summed E-state index contributed by atoms with van der Waals surface area (Å²) in [5, 5.41) is 1.75. The van der Waals surface area contributed by atoms with Gasteiger partial charge in [-0.25, -0.2) is 0 Å². The Hall–Kier alpha value is -1.97. The smallest absolute Gasteiger partial charge is 0.267 e. The average Bonchev–Trinajstić information content (AvgIpc) is 2.60. The lowest BCUT2D eigenvalue weighted by Gasteiger charge is -2.20. The van der Waals surface area contributed by atoms with Gasteiger partial charge in [0.25, 0.3) is 5.91 Å². The summed E-state index contributed by atoms with van der Waals surface area (Å²) in [5.74, 6) is 0.631. The van der Waals surface area contributed by atoms with Crippen LogP contribution in [0.2, 0.25) is 0 Å². The van der Waals surface area contributed by atoms with E-state index in [1.165, 1.54) is 0 Å². The minimum absolute atomic E-state index is 0.133. The molecule has 0 saturated carbocycles. The number of amides is 1. The van der Waals surface area contributed by atoms with E-state index in [2.05, 4.69) is 12.0 Å². The Balaban J connectivity index is 2.26. The third-order valence-electron chi connectivity index (χ3n) is 2.36. The number of nitrogens with zero attached hydrogens (tertiary/aromatic N) is 1. The van der Waals surface area contributed by atoms with Gasteiger partial charge in [-0.2, -0.15) is 0 Å². The van der Waals surface area contributed by atoms with E-state index in [1.54, 1.807) is 5.01 Å². The predicted molar refractivity (Wildman–Crippen MR) is 62.2 cm³/mol. The van der Waals surface area contributed by atoms with Gasteiger partial charge in [0, 0.05) is 5.57 Å². The summed E-state index contributed by atoms with van der Waals surface area (Å²) in [5.41, 5.74) is 4.15. The lowest BCUT2D eigenvalue weighted by atomic mass is 10.2. The van der Waals surface area contributed by atoms with Crippen LogP contribution in [0.25, 0.3) is 0 Å². The van der Waals surface area contributed by atoms with Gasteiger partial charge in [0.2, 0.25) is 0 Å². The number of anilines is 1. The molecule has 1 aromatic rings. The van der Waals surface area contributed by atoms with Crippen LogP contribution in [0.5, 0.6) is 5.75 Å². The molecule has 0 radical (unpaired) electrons. The number of carbonyl (C=O) groups is 1. The van der Waals surface area contributed by atoms with Crippen molar-refractivity contribution >= 4 is 11.6 Å². The van der Waals surface area contributed by atoms with E-state index in [9.17, 15) is 4.79 Å². The van der Waals surface area contributed by atoms with Crippen molar-refractivity contribution in [3.8, 4) is 5.75 Å². The molecule has 0 unspecified atom stereocenters. The largest absolute Gasteiger partial charge is 0.492 e. The minimum Gasteiger partial charge on any atom is -0.492 e. The van der Waals surface area contributed by atoms with Gasteiger partial charge in [-0.3, -0.25) is 15.2 Å². The van der Waals surface area contributed by atoms with Crippen LogP contribution in [-0.4, -0.2) is 19.1 Å². The van der Waals surface area contributed by atoms with Crippen LogP contribution in [0.4, 0.5) is 5.69 Å². The number of hydrazine groups is 1. The number of rotatable bonds is 3. The first kappa shape index (κ1) is 10.5. The lowest BCUT2D eigenvalue weighted by Crippen LogP contribution is -2.33. The third-order valence-corrected chi connectivity index (χ3v) is 2.36. The van der Waals surface area contributed by atoms with Crippen LogP contribution in [0.1, 0.15) is 6.92 Å². The summed E-state index contributed by atoms with van der Waals surface area (Å²) < 4.78 is 5.50. The van der Waals surface area contributed by atoms with E-state index in [-0.39, 0.29) is 5.91 Å². The van der Waals surface area contributed by atoms with Crippen LogP contribution in [-0.2, 0) is 4.79 Å². The highest BCUT2D eigenvalue weighted by Crippen LogP contribution is 2.28. The maximum atomic E-state index is 11.3. The van der Waals surface area contributed by atoms with Gasteiger partial charge >= 0.3 is 0 Å². The molecule has 1 saturated heterocycles. The maximum Gasteiger partial charge on any atom is 0.267 e. The maximum absolute atomic E-state index is 11.3. The molecule has 0 aliphatic carbocycles. The van der Waals surface area contributed by atoms with Crippen LogP contribution < -0.4 is 15.2 Å². The molecule has 16 heavy (non-hydrogen) atoms. The molecule has 4 heteroatoms. The normalized spacial score (nSPS) is 15.2. The minimum atomic E-state index is -0.133. The lowest BCUT2D eigenvalue weighted by molar-refractivity contribution is -0.116. The Morgan fingerprint density at radius 2 is 2.25 bits per heavy atom. The highest BCUT2D eigenvalue weighted by molar-refractivity contribution is 5.98. The zero-order valence-electron chi connectivity index (χ0n) is 9.19. The van der Waals surface area contributed by atoms with Gasteiger partial charge in [0.1, 0.15) is 5.75 Å². The molecule has 2 rings (SSSR count). The van der Waals surface area contributed by atoms with Crippen LogP contribution in [0.15, 0.2) is 36.4 Å². The summed E-state index contributed by atoms with van der Waals surface area (Å²) in [4.78, 5) is 11.3. The van der Waals surface area contributed by atoms with Crippen LogP contribution >= 0.6 is 0 Å². The Bertz CT molecular complexity index is 413. The van der Waals surface area contributed by atoms with Crippen molar-refractivity contribution in [3.05, 3.63) is 36.4 Å². The van der Waals surface area contributed by atoms with E-state index in [4.69, 9.17) is 4.74 Å². The van der Waals surface area contributed by atoms with Gasteiger partial charge < -0.3 is 4.74 Å². The molecule has 1 heterocycles. The van der Waals surface area contributed by atoms with Crippen LogP contribution in [0, 0.1) is 0 Å². The Labute approximate surface area is 94.5 Å². The van der Waals surface area contributed by atoms with E-state index in [0.29, 0.717) is 18.7 Å². The van der Waals surface area contributed by atoms with Gasteiger partial charge in [0.15, 0.2) is 0 Å². The molecule has 1 N–H and O–H groups in total. The summed E-state index contributed by atoms with van der Waals surface area (Å²) in [6.07, 6.45) is 0. The van der Waals surface area contributed by atoms with Crippen molar-refractivity contribution in [1.82, 2.24) is 5.43 Å². The molecule has 1 aliphatic rings. The van der Waals surface area contributed by atoms with Crippen molar-refractivity contribution < 1.29 is 9.53 Å². The molecule has 0 aromatic heterocycles. The van der Waals surface area contributed by atoms with Crippen molar-refractivity contribution in [1.29, 1.82) is 0 Å². The second kappa shape index (κ2) is 4.26. The van der Waals surface area contributed by atoms with Gasteiger partial charge in [-0.05, 0) is 19.1 Å². The fourth-order valence-electron chi connectivity index (χ4n) is 1.61. The van der Waals surface area contributed by atoms with Crippen molar-refractivity contribution in [2.75, 3.05) is 18.2 Å². The molecule has 1 aliphatic heterocycles. The number of carbonyl (C=O) groups excluding carboxylic acids is 1. The van der Waals surface area contributed by atoms with Crippen molar-refractivity contribution in [3.63, 3.8) is 0 Å². The van der Waals surface area contributed by atoms with Gasteiger partial charge in [0.05, 0.1) is 18.8 Å². The van der Waals surface area contributed by atoms with Gasteiger partial charge in [-0.1, -0.05) is 18.7 Å². The van der Waals surface area contributed by atoms with E-state index >= 15 is 0 Å². The fourth-order valence-corrected chi connectivity index (χ4v) is 1.61. The Kier molecular flexibility index (Phi) is 2.81. The highest BCUT2D eigenvalue weighted by Gasteiger charge is 2.24. The first-order valence-corrected chi connectivity index (χ1v) is 5.20. The molecule has 1 aromatic carbocycles. The molecule has 1 fully saturated rings. The van der Waals surface area contributed by atoms with Crippen molar-refractivity contribution in [2.45, 2.75) is 6.92 Å². The molecular weight excluding hydrogens is 204 g/mol. The number of hydrogen-bond acceptors (Lipinski definition) is 3. The molecule has 0 bridgehead atoms. The molecule has 4 nitrogen and oxygen atoms in total. The first-order chi connectivity index (χ1) is 7.72. The fraction of sp³-hybridized carbons (Fsp3) is 0.250. The summed E-state index contributed by atoms with van der Waals surface area (Å²) in [6, 6.07) is 7.60. The number of para-hydroxylation sites is 2. The third kappa shape index (κ3) is 1.86. The van der Waals surface area contributed by atoms with Crippen LogP contribution in [0.3, 0.4) is 0 Å². The average molecular weight is 218 g/mol. The highest BCUT2D eigenvalue weighted by atomic mass is 16.5. The first-order valence-electron chi connectivity index (χ1n) is 5.20. The zero-order valence-corrected chi connectivity index (χ0v) is 9.19. The van der Waals surface area contributed by atoms with Crippen molar-refractivity contribution in [2.24, 2.45) is 0 Å². The summed E-state index contributed by atoms with van der Waals surface area (Å²) in [6.45, 7) is 6.71. The van der Waals surface area contributed by atoms with E-state index < -0.39 is 0 Å². The zero-order chi connectivity index (χ0) is 11.5. The SMILES string of the molecule is C=C1CN(c2ccccc2OCC)NC1=O. The molecule has 84 valence electrons.